The number of nitrogens with one attached hydrogen (secondary N) is 1. The van der Waals surface area contributed by atoms with Gasteiger partial charge in [0.05, 0.1) is 16.7 Å². The van der Waals surface area contributed by atoms with E-state index in [4.69, 9.17) is 18.9 Å². The molecular formula is C49H58N2O8. The molecule has 312 valence electrons. The van der Waals surface area contributed by atoms with E-state index in [0.717, 1.165) is 30.4 Å². The Morgan fingerprint density at radius 3 is 1.90 bits per heavy atom. The number of nitro benzene ring substituents is 1. The molecule has 10 nitrogen and oxygen atoms in total. The average Bonchev–Trinajstić information content (AvgIpc) is 3.21. The van der Waals surface area contributed by atoms with Crippen LogP contribution < -0.4 is 24.3 Å². The summed E-state index contributed by atoms with van der Waals surface area (Å²) >= 11 is 0. The van der Waals surface area contributed by atoms with Crippen LogP contribution in [-0.2, 0) is 10.2 Å². The van der Waals surface area contributed by atoms with Crippen molar-refractivity contribution in [1.82, 2.24) is 0 Å². The molecule has 10 heteroatoms. The Balaban J connectivity index is 1.45. The number of ether oxygens (including phenoxy) is 4. The van der Waals surface area contributed by atoms with Gasteiger partial charge in [-0.3, -0.25) is 14.9 Å². The Hall–Kier alpha value is -6.03. The zero-order chi connectivity index (χ0) is 42.2. The van der Waals surface area contributed by atoms with Crippen molar-refractivity contribution >= 4 is 17.3 Å². The minimum absolute atomic E-state index is 0.000450. The number of hydrogen-bond acceptors (Lipinski definition) is 8. The van der Waals surface area contributed by atoms with Crippen molar-refractivity contribution in [3.05, 3.63) is 124 Å². The van der Waals surface area contributed by atoms with Crippen LogP contribution in [0.4, 0.5) is 11.4 Å². The van der Waals surface area contributed by atoms with Crippen LogP contribution in [0.25, 0.3) is 0 Å². The summed E-state index contributed by atoms with van der Waals surface area (Å²) < 4.78 is 25.8. The maximum absolute atomic E-state index is 13.2. The van der Waals surface area contributed by atoms with E-state index < -0.39 is 4.92 Å². The molecule has 1 amide bonds. The molecule has 5 aromatic carbocycles. The number of benzene rings is 5. The van der Waals surface area contributed by atoms with E-state index in [0.29, 0.717) is 23.6 Å². The molecule has 2 N–H and O–H groups in total. The number of unbranched alkanes of at least 4 members (excludes halogenated alkanes) is 10. The van der Waals surface area contributed by atoms with Crippen molar-refractivity contribution in [3.8, 4) is 51.7 Å². The Kier molecular flexibility index (Phi) is 16.2. The number of phenols is 1. The highest BCUT2D eigenvalue weighted by Gasteiger charge is 2.28. The molecule has 0 aliphatic heterocycles. The van der Waals surface area contributed by atoms with Crippen molar-refractivity contribution < 1.29 is 33.8 Å². The minimum Gasteiger partial charge on any atom is -0.504 e. The van der Waals surface area contributed by atoms with Gasteiger partial charge in [-0.2, -0.15) is 0 Å². The van der Waals surface area contributed by atoms with Gasteiger partial charge in [0.25, 0.3) is 5.69 Å². The number of nitro groups is 1. The van der Waals surface area contributed by atoms with Crippen molar-refractivity contribution in [3.63, 3.8) is 0 Å². The van der Waals surface area contributed by atoms with Crippen LogP contribution in [0.5, 0.6) is 51.7 Å². The molecule has 0 fully saturated rings. The number of non-ortho nitro benzene ring substituents is 1. The summed E-state index contributed by atoms with van der Waals surface area (Å²) in [6.07, 6.45) is 13.5. The summed E-state index contributed by atoms with van der Waals surface area (Å²) in [7, 11) is 0. The molecule has 5 aromatic rings. The van der Waals surface area contributed by atoms with Gasteiger partial charge in [0, 0.05) is 18.6 Å². The SMILES string of the molecule is CCCCCCCCCCCCCC(=O)Nc1ccccc1Oc1cc(O)c(Oc2ccccc2C)c(Oc2ccc(C(C)(C)C)cc2)c1Oc1cccc([N+](=O)[O-])c1. The molecule has 0 saturated heterocycles. The van der Waals surface area contributed by atoms with Crippen molar-refractivity contribution in [2.24, 2.45) is 0 Å². The Morgan fingerprint density at radius 1 is 0.644 bits per heavy atom. The second-order valence-electron chi connectivity index (χ2n) is 15.9. The second kappa shape index (κ2) is 21.6. The lowest BCUT2D eigenvalue weighted by Gasteiger charge is -2.22. The number of amides is 1. The molecule has 0 heterocycles. The third kappa shape index (κ3) is 13.2. The van der Waals surface area contributed by atoms with Gasteiger partial charge in [0.2, 0.25) is 23.2 Å². The highest BCUT2D eigenvalue weighted by atomic mass is 16.6. The van der Waals surface area contributed by atoms with Gasteiger partial charge in [-0.05, 0) is 66.3 Å². The first-order chi connectivity index (χ1) is 28.4. The molecule has 0 aliphatic carbocycles. The number of phenolic OH excluding ortho intramolecular Hbond substituents is 1. The smallest absolute Gasteiger partial charge is 0.273 e. The molecule has 5 rings (SSSR count). The fraction of sp³-hybridized carbons (Fsp3) is 0.367. The van der Waals surface area contributed by atoms with Gasteiger partial charge in [-0.15, -0.1) is 0 Å². The Bertz CT molecular complexity index is 2140. The minimum atomic E-state index is -0.516. The molecule has 0 bridgehead atoms. The van der Waals surface area contributed by atoms with Crippen LogP contribution in [0, 0.1) is 17.0 Å². The van der Waals surface area contributed by atoms with Gasteiger partial charge >= 0.3 is 0 Å². The van der Waals surface area contributed by atoms with Gasteiger partial charge in [-0.25, -0.2) is 0 Å². The lowest BCUT2D eigenvalue weighted by atomic mass is 9.87. The van der Waals surface area contributed by atoms with E-state index in [-0.39, 0.29) is 57.3 Å². The van der Waals surface area contributed by atoms with Crippen LogP contribution >= 0.6 is 0 Å². The van der Waals surface area contributed by atoms with Crippen LogP contribution in [0.3, 0.4) is 0 Å². The van der Waals surface area contributed by atoms with E-state index in [1.807, 2.05) is 37.3 Å². The molecular weight excluding hydrogens is 745 g/mol. The van der Waals surface area contributed by atoms with Crippen molar-refractivity contribution in [2.45, 2.75) is 117 Å². The predicted molar refractivity (Wildman–Crippen MR) is 234 cm³/mol. The topological polar surface area (TPSA) is 129 Å². The number of nitrogens with zero attached hydrogens (tertiary/aromatic N) is 1. The number of anilines is 1. The number of carbonyl (C=O) groups is 1. The maximum atomic E-state index is 13.2. The van der Waals surface area contributed by atoms with E-state index in [2.05, 4.69) is 33.0 Å². The van der Waals surface area contributed by atoms with Crippen molar-refractivity contribution in [2.75, 3.05) is 5.32 Å². The number of aromatic hydroxyl groups is 1. The summed E-state index contributed by atoms with van der Waals surface area (Å²) in [5.41, 5.74) is 1.99. The lowest BCUT2D eigenvalue weighted by Crippen LogP contribution is -2.11. The first-order valence-corrected chi connectivity index (χ1v) is 20.8. The highest BCUT2D eigenvalue weighted by molar-refractivity contribution is 5.92. The summed E-state index contributed by atoms with van der Waals surface area (Å²) in [5.74, 6) is 0.630. The molecule has 59 heavy (non-hydrogen) atoms. The van der Waals surface area contributed by atoms with Crippen LogP contribution in [0.15, 0.2) is 103 Å². The standard InChI is InChI=1S/C49H58N2O8/c1-6-7-8-9-10-11-12-13-14-15-16-28-45(53)50-40-25-18-20-27-43(40)58-44-34-41(52)46(59-42-26-19-17-22-35(42)2)48(56-38-31-29-36(30-32-38)49(3,4)5)47(44)57-39-24-21-23-37(33-39)51(54)55/h17-27,29-34,52H,6-16,28H2,1-5H3,(H,50,53). The first-order valence-electron chi connectivity index (χ1n) is 20.8. The number of carbonyl (C=O) groups excluding carboxylic acids is 1. The third-order valence-electron chi connectivity index (χ3n) is 10.0. The highest BCUT2D eigenvalue weighted by Crippen LogP contribution is 2.55. The van der Waals surface area contributed by atoms with Gasteiger partial charge in [-0.1, -0.05) is 140 Å². The summed E-state index contributed by atoms with van der Waals surface area (Å²) in [6.45, 7) is 10.4. The molecule has 0 unspecified atom stereocenters. The van der Waals surface area contributed by atoms with E-state index in [1.165, 1.54) is 75.6 Å². The predicted octanol–water partition coefficient (Wildman–Crippen LogP) is 14.7. The van der Waals surface area contributed by atoms with Gasteiger partial charge in [0.1, 0.15) is 17.2 Å². The third-order valence-corrected chi connectivity index (χ3v) is 10.0. The van der Waals surface area contributed by atoms with E-state index in [9.17, 15) is 20.0 Å². The van der Waals surface area contributed by atoms with E-state index >= 15 is 0 Å². The summed E-state index contributed by atoms with van der Waals surface area (Å²) in [4.78, 5) is 24.4. The fourth-order valence-electron chi connectivity index (χ4n) is 6.59. The van der Waals surface area contributed by atoms with Gasteiger partial charge in [0.15, 0.2) is 17.2 Å². The number of aryl methyl sites for hydroxylation is 1. The first kappa shape index (κ1) is 44.1. The summed E-state index contributed by atoms with van der Waals surface area (Å²) in [6, 6.07) is 28.9. The number of para-hydroxylation sites is 3. The largest absolute Gasteiger partial charge is 0.504 e. The zero-order valence-corrected chi connectivity index (χ0v) is 35.1. The molecule has 0 aromatic heterocycles. The van der Waals surface area contributed by atoms with Crippen LogP contribution in [-0.4, -0.2) is 15.9 Å². The average molecular weight is 803 g/mol. The Labute approximate surface area is 348 Å². The van der Waals surface area contributed by atoms with Crippen LogP contribution in [0.1, 0.15) is 116 Å². The molecule has 0 saturated carbocycles. The quantitative estimate of drug-likeness (QED) is 0.0402. The zero-order valence-electron chi connectivity index (χ0n) is 35.1. The molecule has 0 radical (unpaired) electrons. The monoisotopic (exact) mass is 802 g/mol. The normalized spacial score (nSPS) is 11.2. The number of rotatable bonds is 22. The maximum Gasteiger partial charge on any atom is 0.273 e. The van der Waals surface area contributed by atoms with Gasteiger partial charge < -0.3 is 29.4 Å². The second-order valence-corrected chi connectivity index (χ2v) is 15.9. The fourth-order valence-corrected chi connectivity index (χ4v) is 6.59. The summed E-state index contributed by atoms with van der Waals surface area (Å²) in [5, 5.41) is 26.4. The lowest BCUT2D eigenvalue weighted by molar-refractivity contribution is -0.384. The molecule has 0 atom stereocenters. The van der Waals surface area contributed by atoms with E-state index in [1.54, 1.807) is 48.5 Å². The molecule has 0 aliphatic rings. The van der Waals surface area contributed by atoms with Crippen LogP contribution in [0.2, 0.25) is 0 Å². The molecule has 0 spiro atoms. The Morgan fingerprint density at radius 2 is 1.25 bits per heavy atom. The van der Waals surface area contributed by atoms with Crippen molar-refractivity contribution in [1.29, 1.82) is 0 Å². The number of hydrogen-bond donors (Lipinski definition) is 2.